The second-order valence-electron chi connectivity index (χ2n) is 4.15. The minimum atomic E-state index is -0.583. The van der Waals surface area contributed by atoms with Gasteiger partial charge in [-0.15, -0.1) is 0 Å². The summed E-state index contributed by atoms with van der Waals surface area (Å²) in [5, 5.41) is 3.08. The summed E-state index contributed by atoms with van der Waals surface area (Å²) in [5.74, 6) is -0.139. The quantitative estimate of drug-likeness (QED) is 0.759. The zero-order valence-corrected chi connectivity index (χ0v) is 10.6. The molecule has 0 fully saturated rings. The van der Waals surface area contributed by atoms with Crippen LogP contribution in [0.25, 0.3) is 0 Å². The van der Waals surface area contributed by atoms with E-state index in [0.717, 1.165) is 11.1 Å². The van der Waals surface area contributed by atoms with Gasteiger partial charge in [0.15, 0.2) is 0 Å². The monoisotopic (exact) mass is 257 g/mol. The van der Waals surface area contributed by atoms with E-state index in [-0.39, 0.29) is 5.69 Å². The van der Waals surface area contributed by atoms with E-state index in [4.69, 9.17) is 11.5 Å². The fourth-order valence-electron chi connectivity index (χ4n) is 1.61. The number of nitrogens with one attached hydrogen (secondary N) is 1. The van der Waals surface area contributed by atoms with E-state index in [9.17, 15) is 4.79 Å². The number of carbonyl (C=O) groups is 1. The van der Waals surface area contributed by atoms with Gasteiger partial charge in [-0.05, 0) is 36.2 Å². The molecule has 0 saturated carbocycles. The molecule has 0 aromatic carbocycles. The van der Waals surface area contributed by atoms with Crippen LogP contribution in [-0.4, -0.2) is 15.9 Å². The molecule has 2 heterocycles. The molecule has 19 heavy (non-hydrogen) atoms. The van der Waals surface area contributed by atoms with Gasteiger partial charge in [0.25, 0.3) is 5.91 Å². The highest BCUT2D eigenvalue weighted by molar-refractivity contribution is 5.91. The molecular weight excluding hydrogens is 242 g/mol. The van der Waals surface area contributed by atoms with Crippen LogP contribution in [0.3, 0.4) is 0 Å². The van der Waals surface area contributed by atoms with Gasteiger partial charge in [0.2, 0.25) is 0 Å². The van der Waals surface area contributed by atoms with Crippen molar-refractivity contribution in [1.29, 1.82) is 0 Å². The average Bonchev–Trinajstić information content (AvgIpc) is 2.39. The second-order valence-corrected chi connectivity index (χ2v) is 4.15. The maximum absolute atomic E-state index is 11.1. The summed E-state index contributed by atoms with van der Waals surface area (Å²) in [4.78, 5) is 19.2. The van der Waals surface area contributed by atoms with E-state index in [1.54, 1.807) is 18.5 Å². The first-order chi connectivity index (χ1) is 9.08. The Balaban J connectivity index is 2.17. The molecule has 2 aromatic heterocycles. The molecule has 0 unspecified atom stereocenters. The number of anilines is 2. The highest BCUT2D eigenvalue weighted by atomic mass is 16.1. The Labute approximate surface area is 110 Å². The number of nitrogens with two attached hydrogens (primary N) is 2. The maximum atomic E-state index is 11.1. The topological polar surface area (TPSA) is 107 Å². The van der Waals surface area contributed by atoms with Crippen LogP contribution < -0.4 is 16.8 Å². The van der Waals surface area contributed by atoms with Crippen molar-refractivity contribution in [1.82, 2.24) is 9.97 Å². The van der Waals surface area contributed by atoms with Crippen molar-refractivity contribution < 1.29 is 4.79 Å². The first-order valence-electron chi connectivity index (χ1n) is 5.77. The number of nitrogen functional groups attached to an aromatic ring is 1. The van der Waals surface area contributed by atoms with Crippen molar-refractivity contribution in [3.05, 3.63) is 47.4 Å². The number of hydrogen-bond acceptors (Lipinski definition) is 5. The summed E-state index contributed by atoms with van der Waals surface area (Å²) in [5.41, 5.74) is 13.8. The van der Waals surface area contributed by atoms with Gasteiger partial charge in [-0.25, -0.2) is 4.98 Å². The van der Waals surface area contributed by atoms with Crippen molar-refractivity contribution in [3.63, 3.8) is 0 Å². The number of amides is 1. The lowest BCUT2D eigenvalue weighted by atomic mass is 10.1. The summed E-state index contributed by atoms with van der Waals surface area (Å²) < 4.78 is 0. The van der Waals surface area contributed by atoms with Gasteiger partial charge in [0.1, 0.15) is 11.5 Å². The fraction of sp³-hybridized carbons (Fsp3) is 0.154. The Morgan fingerprint density at radius 2 is 2.16 bits per heavy atom. The van der Waals surface area contributed by atoms with E-state index in [1.165, 1.54) is 6.07 Å². The van der Waals surface area contributed by atoms with Gasteiger partial charge >= 0.3 is 0 Å². The number of pyridine rings is 2. The third-order valence-electron chi connectivity index (χ3n) is 2.77. The van der Waals surface area contributed by atoms with Crippen LogP contribution in [0.5, 0.6) is 0 Å². The van der Waals surface area contributed by atoms with Crippen molar-refractivity contribution >= 4 is 17.4 Å². The minimum absolute atomic E-state index is 0.180. The van der Waals surface area contributed by atoms with Crippen molar-refractivity contribution in [2.75, 3.05) is 11.1 Å². The lowest BCUT2D eigenvalue weighted by Gasteiger charge is -2.10. The smallest absolute Gasteiger partial charge is 0.267 e. The molecule has 6 nitrogen and oxygen atoms in total. The Morgan fingerprint density at radius 1 is 1.37 bits per heavy atom. The summed E-state index contributed by atoms with van der Waals surface area (Å²) in [6.07, 6.45) is 3.51. The lowest BCUT2D eigenvalue weighted by molar-refractivity contribution is 0.0996. The predicted octanol–water partition coefficient (Wildman–Crippen LogP) is 1.08. The number of rotatable bonds is 4. The van der Waals surface area contributed by atoms with Crippen molar-refractivity contribution in [2.24, 2.45) is 5.73 Å². The molecule has 0 aliphatic rings. The Morgan fingerprint density at radius 3 is 2.84 bits per heavy atom. The first-order valence-corrected chi connectivity index (χ1v) is 5.77. The maximum Gasteiger partial charge on any atom is 0.267 e. The first kappa shape index (κ1) is 12.8. The number of aryl methyl sites for hydroxylation is 1. The summed E-state index contributed by atoms with van der Waals surface area (Å²) in [6, 6.07) is 5.03. The molecule has 98 valence electrons. The predicted molar refractivity (Wildman–Crippen MR) is 73.5 cm³/mol. The number of carbonyl (C=O) groups excluding carboxylic acids is 1. The highest BCUT2D eigenvalue weighted by Crippen LogP contribution is 2.17. The number of nitrogens with zero attached hydrogens (tertiary/aromatic N) is 2. The minimum Gasteiger partial charge on any atom is -0.396 e. The second kappa shape index (κ2) is 5.34. The molecule has 0 aliphatic carbocycles. The van der Waals surface area contributed by atoms with Gasteiger partial charge in [-0.3, -0.25) is 9.78 Å². The van der Waals surface area contributed by atoms with Crippen LogP contribution >= 0.6 is 0 Å². The van der Waals surface area contributed by atoms with Crippen LogP contribution in [0.2, 0.25) is 0 Å². The molecule has 0 atom stereocenters. The van der Waals surface area contributed by atoms with Crippen LogP contribution in [0.1, 0.15) is 21.6 Å². The Hall–Kier alpha value is -2.63. The third kappa shape index (κ3) is 2.98. The summed E-state index contributed by atoms with van der Waals surface area (Å²) in [7, 11) is 0. The van der Waals surface area contributed by atoms with Gasteiger partial charge in [0, 0.05) is 18.9 Å². The van der Waals surface area contributed by atoms with Crippen molar-refractivity contribution in [3.8, 4) is 0 Å². The molecule has 0 bridgehead atoms. The fourth-order valence-corrected chi connectivity index (χ4v) is 1.61. The van der Waals surface area contributed by atoms with Gasteiger partial charge in [-0.2, -0.15) is 0 Å². The van der Waals surface area contributed by atoms with Crippen molar-refractivity contribution in [2.45, 2.75) is 13.5 Å². The van der Waals surface area contributed by atoms with Gasteiger partial charge in [0.05, 0.1) is 5.69 Å². The zero-order chi connectivity index (χ0) is 13.8. The van der Waals surface area contributed by atoms with E-state index >= 15 is 0 Å². The molecule has 0 radical (unpaired) electrons. The van der Waals surface area contributed by atoms with E-state index < -0.39 is 5.91 Å². The van der Waals surface area contributed by atoms with E-state index in [2.05, 4.69) is 15.3 Å². The van der Waals surface area contributed by atoms with Crippen LogP contribution in [0.4, 0.5) is 11.5 Å². The molecule has 0 saturated heterocycles. The van der Waals surface area contributed by atoms with Crippen LogP contribution in [0.15, 0.2) is 30.6 Å². The Bertz CT molecular complexity index is 612. The molecule has 6 heteroatoms. The normalized spacial score (nSPS) is 10.2. The van der Waals surface area contributed by atoms with E-state index in [0.29, 0.717) is 18.1 Å². The molecular formula is C13H15N5O. The van der Waals surface area contributed by atoms with E-state index in [1.807, 2.05) is 13.0 Å². The Kier molecular flexibility index (Phi) is 3.61. The number of aromatic nitrogens is 2. The molecule has 2 rings (SSSR count). The zero-order valence-electron chi connectivity index (χ0n) is 10.6. The SMILES string of the molecule is Cc1ccncc1CNc1nc(C(N)=O)ccc1N. The number of primary amides is 1. The highest BCUT2D eigenvalue weighted by Gasteiger charge is 2.07. The van der Waals surface area contributed by atoms with Crippen LogP contribution in [0, 0.1) is 6.92 Å². The third-order valence-corrected chi connectivity index (χ3v) is 2.77. The summed E-state index contributed by atoms with van der Waals surface area (Å²) >= 11 is 0. The molecule has 0 aliphatic heterocycles. The molecule has 1 amide bonds. The molecule has 5 N–H and O–H groups in total. The molecule has 0 spiro atoms. The average molecular weight is 257 g/mol. The number of hydrogen-bond donors (Lipinski definition) is 3. The lowest BCUT2D eigenvalue weighted by Crippen LogP contribution is -2.15. The standard InChI is InChI=1S/C13H15N5O/c1-8-4-5-16-6-9(8)7-17-13-10(14)2-3-11(18-13)12(15)19/h2-6H,7,14H2,1H3,(H2,15,19)(H,17,18). The van der Waals surface area contributed by atoms with Gasteiger partial charge in [-0.1, -0.05) is 0 Å². The van der Waals surface area contributed by atoms with Crippen LogP contribution in [-0.2, 0) is 6.54 Å². The largest absolute Gasteiger partial charge is 0.396 e. The van der Waals surface area contributed by atoms with Gasteiger partial charge < -0.3 is 16.8 Å². The summed E-state index contributed by atoms with van der Waals surface area (Å²) in [6.45, 7) is 2.52. The molecule has 2 aromatic rings.